The molecule has 3 amide bonds. The predicted octanol–water partition coefficient (Wildman–Crippen LogP) is 2.84. The molecule has 2 aromatic carbocycles. The largest absolute Gasteiger partial charge is 0.481 e. The van der Waals surface area contributed by atoms with Crippen molar-refractivity contribution < 1.29 is 19.1 Å². The first-order chi connectivity index (χ1) is 15.1. The molecular formula is C23H18N4O4. The van der Waals surface area contributed by atoms with E-state index < -0.39 is 12.1 Å². The van der Waals surface area contributed by atoms with E-state index in [9.17, 15) is 14.4 Å². The molecule has 1 aromatic heterocycles. The summed E-state index contributed by atoms with van der Waals surface area (Å²) in [6, 6.07) is 17.4. The Morgan fingerprint density at radius 1 is 1.00 bits per heavy atom. The molecule has 0 unspecified atom stereocenters. The fourth-order valence-electron chi connectivity index (χ4n) is 4.06. The molecule has 0 fully saturated rings. The van der Waals surface area contributed by atoms with Gasteiger partial charge in [-0.15, -0.1) is 0 Å². The van der Waals surface area contributed by atoms with Crippen LogP contribution < -0.4 is 15.0 Å². The highest BCUT2D eigenvalue weighted by molar-refractivity contribution is 6.17. The van der Waals surface area contributed by atoms with E-state index in [-0.39, 0.29) is 18.4 Å². The second-order valence-corrected chi connectivity index (χ2v) is 7.22. The van der Waals surface area contributed by atoms with Gasteiger partial charge in [0.1, 0.15) is 12.7 Å². The van der Waals surface area contributed by atoms with Gasteiger partial charge in [-0.1, -0.05) is 30.3 Å². The molecule has 1 atom stereocenters. The molecule has 2 aliphatic rings. The lowest BCUT2D eigenvalue weighted by Crippen LogP contribution is -2.50. The van der Waals surface area contributed by atoms with Crippen molar-refractivity contribution in [2.75, 3.05) is 23.9 Å². The molecule has 0 radical (unpaired) electrons. The SMILES string of the molecule is COc1ccc(NC(=O)CN2C(=O)c3ccccc3N3C(=O)c4ccccc4[C@H]23)cn1. The molecule has 8 heteroatoms. The molecule has 2 aliphatic heterocycles. The quantitative estimate of drug-likeness (QED) is 0.709. The van der Waals surface area contributed by atoms with Crippen molar-refractivity contribution >= 4 is 29.1 Å². The number of anilines is 2. The van der Waals surface area contributed by atoms with Crippen LogP contribution in [0, 0.1) is 0 Å². The van der Waals surface area contributed by atoms with Gasteiger partial charge in [-0.25, -0.2) is 4.98 Å². The summed E-state index contributed by atoms with van der Waals surface area (Å²) >= 11 is 0. The summed E-state index contributed by atoms with van der Waals surface area (Å²) in [6.07, 6.45) is 0.802. The summed E-state index contributed by atoms with van der Waals surface area (Å²) in [7, 11) is 1.51. The Hall–Kier alpha value is -4.20. The number of rotatable bonds is 4. The van der Waals surface area contributed by atoms with Gasteiger partial charge in [0, 0.05) is 17.2 Å². The average Bonchev–Trinajstić information content (AvgIpc) is 3.10. The molecular weight excluding hydrogens is 396 g/mol. The normalized spacial score (nSPS) is 16.5. The Morgan fingerprint density at radius 3 is 2.48 bits per heavy atom. The fraction of sp³-hybridized carbons (Fsp3) is 0.130. The molecule has 0 saturated heterocycles. The van der Waals surface area contributed by atoms with Crippen LogP contribution in [-0.2, 0) is 4.79 Å². The predicted molar refractivity (Wildman–Crippen MR) is 113 cm³/mol. The van der Waals surface area contributed by atoms with Crippen LogP contribution in [0.4, 0.5) is 11.4 Å². The third kappa shape index (κ3) is 3.00. The standard InChI is InChI=1S/C23H18N4O4/c1-31-20-11-10-14(12-24-20)25-19(28)13-26-21-15-6-2-3-7-16(15)23(30)27(21)18-9-5-4-8-17(18)22(26)29/h2-12,21H,13H2,1H3,(H,25,28)/t21-/m1/s1. The molecule has 0 saturated carbocycles. The number of nitrogens with one attached hydrogen (secondary N) is 1. The molecule has 3 aromatic rings. The second-order valence-electron chi connectivity index (χ2n) is 7.22. The summed E-state index contributed by atoms with van der Waals surface area (Å²) in [5.74, 6) is -0.455. The van der Waals surface area contributed by atoms with Crippen molar-refractivity contribution in [1.82, 2.24) is 9.88 Å². The molecule has 5 rings (SSSR count). The molecule has 0 bridgehead atoms. The highest BCUT2D eigenvalue weighted by Crippen LogP contribution is 2.44. The van der Waals surface area contributed by atoms with E-state index in [2.05, 4.69) is 10.3 Å². The van der Waals surface area contributed by atoms with Gasteiger partial charge in [0.15, 0.2) is 0 Å². The van der Waals surface area contributed by atoms with E-state index in [1.165, 1.54) is 18.2 Å². The van der Waals surface area contributed by atoms with Crippen LogP contribution in [-0.4, -0.2) is 41.3 Å². The number of para-hydroxylation sites is 1. The summed E-state index contributed by atoms with van der Waals surface area (Å²) < 4.78 is 5.02. The van der Waals surface area contributed by atoms with E-state index >= 15 is 0 Å². The van der Waals surface area contributed by atoms with Crippen molar-refractivity contribution in [2.24, 2.45) is 0 Å². The maximum absolute atomic E-state index is 13.3. The Balaban J connectivity index is 1.49. The van der Waals surface area contributed by atoms with Crippen LogP contribution in [0.2, 0.25) is 0 Å². The lowest BCUT2D eigenvalue weighted by atomic mass is 10.0. The van der Waals surface area contributed by atoms with Crippen molar-refractivity contribution in [3.8, 4) is 5.88 Å². The number of carbonyl (C=O) groups excluding carboxylic acids is 3. The highest BCUT2D eigenvalue weighted by atomic mass is 16.5. The van der Waals surface area contributed by atoms with Crippen LogP contribution in [0.15, 0.2) is 66.9 Å². The van der Waals surface area contributed by atoms with Crippen molar-refractivity contribution in [2.45, 2.75) is 6.17 Å². The Labute approximate surface area is 178 Å². The van der Waals surface area contributed by atoms with Gasteiger partial charge in [-0.2, -0.15) is 0 Å². The number of ether oxygens (including phenoxy) is 1. The lowest BCUT2D eigenvalue weighted by Gasteiger charge is -2.40. The van der Waals surface area contributed by atoms with E-state index in [1.807, 2.05) is 12.1 Å². The third-order valence-electron chi connectivity index (χ3n) is 5.43. The number of fused-ring (bicyclic) bond motifs is 5. The van der Waals surface area contributed by atoms with Gasteiger partial charge in [-0.05, 0) is 24.3 Å². The lowest BCUT2D eigenvalue weighted by molar-refractivity contribution is -0.117. The summed E-state index contributed by atoms with van der Waals surface area (Å²) in [5, 5.41) is 2.75. The minimum Gasteiger partial charge on any atom is -0.481 e. The van der Waals surface area contributed by atoms with Gasteiger partial charge in [0.05, 0.1) is 30.2 Å². The van der Waals surface area contributed by atoms with Crippen molar-refractivity contribution in [1.29, 1.82) is 0 Å². The first-order valence-corrected chi connectivity index (χ1v) is 9.71. The van der Waals surface area contributed by atoms with Crippen LogP contribution in [0.1, 0.15) is 32.4 Å². The van der Waals surface area contributed by atoms with Crippen LogP contribution in [0.25, 0.3) is 0 Å². The van der Waals surface area contributed by atoms with Gasteiger partial charge in [0.2, 0.25) is 11.8 Å². The van der Waals surface area contributed by atoms with Crippen LogP contribution in [0.3, 0.4) is 0 Å². The number of pyridine rings is 1. The van der Waals surface area contributed by atoms with Gasteiger partial charge >= 0.3 is 0 Å². The number of nitrogens with zero attached hydrogens (tertiary/aromatic N) is 3. The number of benzene rings is 2. The smallest absolute Gasteiger partial charge is 0.260 e. The maximum Gasteiger partial charge on any atom is 0.260 e. The van der Waals surface area contributed by atoms with Crippen molar-refractivity contribution in [3.63, 3.8) is 0 Å². The number of methoxy groups -OCH3 is 1. The number of carbonyl (C=O) groups is 3. The molecule has 154 valence electrons. The zero-order valence-electron chi connectivity index (χ0n) is 16.6. The minimum absolute atomic E-state index is 0.190. The summed E-state index contributed by atoms with van der Waals surface area (Å²) in [5.41, 5.74) is 2.65. The summed E-state index contributed by atoms with van der Waals surface area (Å²) in [6.45, 7) is -0.220. The van der Waals surface area contributed by atoms with E-state index in [4.69, 9.17) is 4.74 Å². The maximum atomic E-state index is 13.3. The second kappa shape index (κ2) is 7.24. The molecule has 0 aliphatic carbocycles. The van der Waals surface area contributed by atoms with E-state index in [1.54, 1.807) is 53.4 Å². The molecule has 0 spiro atoms. The zero-order valence-corrected chi connectivity index (χ0v) is 16.6. The van der Waals surface area contributed by atoms with E-state index in [0.717, 1.165) is 0 Å². The number of hydrogen-bond donors (Lipinski definition) is 1. The van der Waals surface area contributed by atoms with Crippen LogP contribution >= 0.6 is 0 Å². The average molecular weight is 414 g/mol. The monoisotopic (exact) mass is 414 g/mol. The van der Waals surface area contributed by atoms with E-state index in [0.29, 0.717) is 33.9 Å². The Morgan fingerprint density at radius 2 is 1.74 bits per heavy atom. The number of amides is 3. The Bertz CT molecular complexity index is 1210. The number of aromatic nitrogens is 1. The van der Waals surface area contributed by atoms with Gasteiger partial charge in [0.25, 0.3) is 11.8 Å². The zero-order chi connectivity index (χ0) is 21.5. The fourth-order valence-corrected chi connectivity index (χ4v) is 4.06. The minimum atomic E-state index is -0.675. The number of hydrogen-bond acceptors (Lipinski definition) is 5. The highest BCUT2D eigenvalue weighted by Gasteiger charge is 2.48. The van der Waals surface area contributed by atoms with Crippen LogP contribution in [0.5, 0.6) is 5.88 Å². The topological polar surface area (TPSA) is 91.8 Å². The Kier molecular flexibility index (Phi) is 4.39. The molecule has 3 heterocycles. The molecule has 31 heavy (non-hydrogen) atoms. The molecule has 8 nitrogen and oxygen atoms in total. The van der Waals surface area contributed by atoms with Gasteiger partial charge in [-0.3, -0.25) is 19.3 Å². The molecule has 1 N–H and O–H groups in total. The van der Waals surface area contributed by atoms with Crippen molar-refractivity contribution in [3.05, 3.63) is 83.6 Å². The van der Waals surface area contributed by atoms with Gasteiger partial charge < -0.3 is 15.0 Å². The summed E-state index contributed by atoms with van der Waals surface area (Å²) in [4.78, 5) is 46.4. The first-order valence-electron chi connectivity index (χ1n) is 9.71. The third-order valence-corrected chi connectivity index (χ3v) is 5.43. The first kappa shape index (κ1) is 18.8.